The normalized spacial score (nSPS) is 10.6. The lowest BCUT2D eigenvalue weighted by atomic mass is 10.2. The Labute approximate surface area is 78.0 Å². The highest BCUT2D eigenvalue weighted by Gasteiger charge is 1.99. The molecule has 0 radical (unpaired) electrons. The van der Waals surface area contributed by atoms with E-state index in [4.69, 9.17) is 0 Å². The fourth-order valence-electron chi connectivity index (χ4n) is 1.54. The minimum absolute atomic E-state index is 0.960. The number of hydrogen-bond donors (Lipinski definition) is 2. The van der Waals surface area contributed by atoms with Crippen molar-refractivity contribution in [2.24, 2.45) is 0 Å². The molecule has 0 fully saturated rings. The van der Waals surface area contributed by atoms with Crippen LogP contribution in [0.15, 0.2) is 24.3 Å². The molecule has 0 aromatic carbocycles. The second-order valence-electron chi connectivity index (χ2n) is 3.51. The molecule has 2 nitrogen and oxygen atoms in total. The van der Waals surface area contributed by atoms with E-state index >= 15 is 0 Å². The largest absolute Gasteiger partial charge is 0.362 e. The molecule has 2 aromatic heterocycles. The molecule has 0 aliphatic rings. The molecule has 2 aromatic rings. The van der Waals surface area contributed by atoms with Gasteiger partial charge in [-0.05, 0) is 38.1 Å². The summed E-state index contributed by atoms with van der Waals surface area (Å²) >= 11 is 0. The highest BCUT2D eigenvalue weighted by Crippen LogP contribution is 2.08. The van der Waals surface area contributed by atoms with E-state index in [1.807, 2.05) is 0 Å². The van der Waals surface area contributed by atoms with Gasteiger partial charge in [-0.1, -0.05) is 0 Å². The van der Waals surface area contributed by atoms with Crippen LogP contribution in [0.5, 0.6) is 0 Å². The number of aromatic nitrogens is 2. The van der Waals surface area contributed by atoms with Gasteiger partial charge in [0.2, 0.25) is 0 Å². The third-order valence-corrected chi connectivity index (χ3v) is 2.17. The number of rotatable bonds is 2. The maximum absolute atomic E-state index is 3.31. The van der Waals surface area contributed by atoms with Gasteiger partial charge in [-0.2, -0.15) is 0 Å². The van der Waals surface area contributed by atoms with Crippen LogP contribution in [-0.4, -0.2) is 9.97 Å². The Morgan fingerprint density at radius 3 is 1.62 bits per heavy atom. The lowest BCUT2D eigenvalue weighted by Gasteiger charge is -1.94. The van der Waals surface area contributed by atoms with Gasteiger partial charge in [0, 0.05) is 29.2 Å². The molecule has 0 spiro atoms. The predicted octanol–water partition coefficient (Wildman–Crippen LogP) is 2.55. The summed E-state index contributed by atoms with van der Waals surface area (Å²) in [4.78, 5) is 6.63. The van der Waals surface area contributed by atoms with E-state index in [2.05, 4.69) is 48.1 Å². The SMILES string of the molecule is Cc1ccc(Cc2ccc(C)[nH]2)[nH]1. The van der Waals surface area contributed by atoms with Gasteiger partial charge in [-0.3, -0.25) is 0 Å². The Morgan fingerprint density at radius 1 is 0.846 bits per heavy atom. The smallest absolute Gasteiger partial charge is 0.0278 e. The van der Waals surface area contributed by atoms with Gasteiger partial charge in [0.1, 0.15) is 0 Å². The molecule has 0 saturated carbocycles. The molecule has 0 amide bonds. The molecule has 2 heterocycles. The number of aromatic amines is 2. The van der Waals surface area contributed by atoms with Gasteiger partial charge in [-0.15, -0.1) is 0 Å². The first-order valence-electron chi connectivity index (χ1n) is 4.53. The lowest BCUT2D eigenvalue weighted by molar-refractivity contribution is 1.03. The van der Waals surface area contributed by atoms with Crippen molar-refractivity contribution in [1.82, 2.24) is 9.97 Å². The van der Waals surface area contributed by atoms with Crippen LogP contribution in [0.25, 0.3) is 0 Å². The third-order valence-electron chi connectivity index (χ3n) is 2.17. The molecular weight excluding hydrogens is 160 g/mol. The maximum atomic E-state index is 3.31. The van der Waals surface area contributed by atoms with Crippen molar-refractivity contribution in [3.8, 4) is 0 Å². The second-order valence-corrected chi connectivity index (χ2v) is 3.51. The Bertz CT molecular complexity index is 357. The van der Waals surface area contributed by atoms with E-state index in [1.54, 1.807) is 0 Å². The van der Waals surface area contributed by atoms with Crippen molar-refractivity contribution in [3.05, 3.63) is 47.0 Å². The standard InChI is InChI=1S/C11H14N2/c1-8-3-5-10(12-8)7-11-6-4-9(2)13-11/h3-6,12-13H,7H2,1-2H3. The fraction of sp³-hybridized carbons (Fsp3) is 0.273. The quantitative estimate of drug-likeness (QED) is 0.701. The zero-order chi connectivity index (χ0) is 9.26. The summed E-state index contributed by atoms with van der Waals surface area (Å²) in [5.41, 5.74) is 4.97. The molecule has 0 saturated heterocycles. The molecule has 2 rings (SSSR count). The van der Waals surface area contributed by atoms with E-state index in [0.29, 0.717) is 0 Å². The third kappa shape index (κ3) is 1.83. The molecular formula is C11H14N2. The van der Waals surface area contributed by atoms with Gasteiger partial charge in [0.25, 0.3) is 0 Å². The first-order valence-corrected chi connectivity index (χ1v) is 4.53. The topological polar surface area (TPSA) is 31.6 Å². The zero-order valence-electron chi connectivity index (χ0n) is 8.02. The number of nitrogens with one attached hydrogen (secondary N) is 2. The molecule has 0 aliphatic carbocycles. The van der Waals surface area contributed by atoms with Crippen LogP contribution >= 0.6 is 0 Å². The van der Waals surface area contributed by atoms with Gasteiger partial charge >= 0.3 is 0 Å². The van der Waals surface area contributed by atoms with Crippen LogP contribution in [0.1, 0.15) is 22.8 Å². The Balaban J connectivity index is 2.14. The second kappa shape index (κ2) is 3.13. The summed E-state index contributed by atoms with van der Waals surface area (Å²) in [6.07, 6.45) is 0.960. The molecule has 2 heteroatoms. The monoisotopic (exact) mass is 174 g/mol. The van der Waals surface area contributed by atoms with Crippen molar-refractivity contribution in [3.63, 3.8) is 0 Å². The summed E-state index contributed by atoms with van der Waals surface area (Å²) in [5.74, 6) is 0. The minimum Gasteiger partial charge on any atom is -0.362 e. The van der Waals surface area contributed by atoms with Crippen molar-refractivity contribution < 1.29 is 0 Å². The van der Waals surface area contributed by atoms with Crippen LogP contribution in [0.3, 0.4) is 0 Å². The van der Waals surface area contributed by atoms with Crippen molar-refractivity contribution in [2.45, 2.75) is 20.3 Å². The Kier molecular flexibility index (Phi) is 1.97. The van der Waals surface area contributed by atoms with Gasteiger partial charge in [-0.25, -0.2) is 0 Å². The lowest BCUT2D eigenvalue weighted by Crippen LogP contribution is -1.88. The van der Waals surface area contributed by atoms with Crippen molar-refractivity contribution >= 4 is 0 Å². The summed E-state index contributed by atoms with van der Waals surface area (Å²) in [6, 6.07) is 8.47. The fourth-order valence-corrected chi connectivity index (χ4v) is 1.54. The number of H-pyrrole nitrogens is 2. The minimum atomic E-state index is 0.960. The van der Waals surface area contributed by atoms with Gasteiger partial charge < -0.3 is 9.97 Å². The molecule has 0 aliphatic heterocycles. The predicted molar refractivity (Wildman–Crippen MR) is 53.9 cm³/mol. The van der Waals surface area contributed by atoms with E-state index < -0.39 is 0 Å². The van der Waals surface area contributed by atoms with Crippen LogP contribution < -0.4 is 0 Å². The highest BCUT2D eigenvalue weighted by molar-refractivity contribution is 5.20. The van der Waals surface area contributed by atoms with Crippen LogP contribution in [0.2, 0.25) is 0 Å². The zero-order valence-corrected chi connectivity index (χ0v) is 8.02. The van der Waals surface area contributed by atoms with E-state index in [0.717, 1.165) is 6.42 Å². The summed E-state index contributed by atoms with van der Waals surface area (Å²) in [6.45, 7) is 4.15. The number of aryl methyl sites for hydroxylation is 2. The maximum Gasteiger partial charge on any atom is 0.0278 e. The summed E-state index contributed by atoms with van der Waals surface area (Å²) < 4.78 is 0. The van der Waals surface area contributed by atoms with Crippen molar-refractivity contribution in [2.75, 3.05) is 0 Å². The van der Waals surface area contributed by atoms with Crippen LogP contribution in [0.4, 0.5) is 0 Å². The van der Waals surface area contributed by atoms with Crippen molar-refractivity contribution in [1.29, 1.82) is 0 Å². The molecule has 2 N–H and O–H groups in total. The highest BCUT2D eigenvalue weighted by atomic mass is 14.7. The summed E-state index contributed by atoms with van der Waals surface area (Å²) in [7, 11) is 0. The average Bonchev–Trinajstić information content (AvgIpc) is 2.62. The van der Waals surface area contributed by atoms with E-state index in [-0.39, 0.29) is 0 Å². The first-order chi connectivity index (χ1) is 6.24. The Hall–Kier alpha value is -1.44. The first kappa shape index (κ1) is 8.17. The van der Waals surface area contributed by atoms with Gasteiger partial charge in [0.15, 0.2) is 0 Å². The van der Waals surface area contributed by atoms with Gasteiger partial charge in [0.05, 0.1) is 0 Å². The van der Waals surface area contributed by atoms with E-state index in [9.17, 15) is 0 Å². The molecule has 0 unspecified atom stereocenters. The number of hydrogen-bond acceptors (Lipinski definition) is 0. The average molecular weight is 174 g/mol. The molecule has 13 heavy (non-hydrogen) atoms. The van der Waals surface area contributed by atoms with E-state index in [1.165, 1.54) is 22.8 Å². The molecule has 0 bridgehead atoms. The van der Waals surface area contributed by atoms with Crippen LogP contribution in [0, 0.1) is 13.8 Å². The molecule has 0 atom stereocenters. The molecule has 68 valence electrons. The Morgan fingerprint density at radius 2 is 1.31 bits per heavy atom. The summed E-state index contributed by atoms with van der Waals surface area (Å²) in [5, 5.41) is 0. The van der Waals surface area contributed by atoms with Crippen LogP contribution in [-0.2, 0) is 6.42 Å².